The molecule has 0 unspecified atom stereocenters. The van der Waals surface area contributed by atoms with Crippen molar-refractivity contribution < 1.29 is 9.59 Å². The van der Waals surface area contributed by atoms with Crippen LogP contribution in [0.25, 0.3) is 0 Å². The molecule has 1 aliphatic rings. The van der Waals surface area contributed by atoms with Crippen LogP contribution in [0.2, 0.25) is 0 Å². The summed E-state index contributed by atoms with van der Waals surface area (Å²) in [7, 11) is 3.60. The van der Waals surface area contributed by atoms with Crippen molar-refractivity contribution >= 4 is 18.0 Å². The van der Waals surface area contributed by atoms with Crippen LogP contribution in [0.3, 0.4) is 0 Å². The summed E-state index contributed by atoms with van der Waals surface area (Å²) in [6.07, 6.45) is 1.61. The molecule has 100 valence electrons. The minimum absolute atomic E-state index is 0.208. The van der Waals surface area contributed by atoms with Gasteiger partial charge in [0.25, 0.3) is 11.8 Å². The number of carbonyl (C=O) groups is 2. The van der Waals surface area contributed by atoms with Crippen LogP contribution in [0.4, 0.5) is 0 Å². The van der Waals surface area contributed by atoms with E-state index in [4.69, 9.17) is 0 Å². The minimum atomic E-state index is -0.230. The van der Waals surface area contributed by atoms with Gasteiger partial charge in [-0.3, -0.25) is 14.5 Å². The highest BCUT2D eigenvalue weighted by Gasteiger charge is 2.37. The highest BCUT2D eigenvalue weighted by Crippen LogP contribution is 2.28. The summed E-state index contributed by atoms with van der Waals surface area (Å²) in [5, 5.41) is 5.78. The van der Waals surface area contributed by atoms with E-state index in [1.807, 2.05) is 19.1 Å². The zero-order valence-electron chi connectivity index (χ0n) is 11.6. The van der Waals surface area contributed by atoms with Crippen molar-refractivity contribution in [2.45, 2.75) is 13.8 Å². The van der Waals surface area contributed by atoms with Gasteiger partial charge in [0.15, 0.2) is 0 Å². The summed E-state index contributed by atoms with van der Waals surface area (Å²) in [6.45, 7) is 4.02. The van der Waals surface area contributed by atoms with Crippen LogP contribution in [0.1, 0.15) is 38.8 Å². The quantitative estimate of drug-likeness (QED) is 0.469. The maximum absolute atomic E-state index is 12.3. The fraction of sp³-hybridized carbons (Fsp3) is 0.357. The number of hydrazone groups is 1. The molecule has 0 spiro atoms. The van der Waals surface area contributed by atoms with E-state index >= 15 is 0 Å². The Kier molecular flexibility index (Phi) is 3.38. The third-order valence-corrected chi connectivity index (χ3v) is 3.11. The fourth-order valence-electron chi connectivity index (χ4n) is 2.16. The Balaban J connectivity index is 2.59. The average molecular weight is 259 g/mol. The number of carbonyl (C=O) groups excluding carboxylic acids is 2. The van der Waals surface area contributed by atoms with Crippen LogP contribution in [0.5, 0.6) is 0 Å². The van der Waals surface area contributed by atoms with Gasteiger partial charge in [0.2, 0.25) is 0 Å². The molecule has 2 rings (SSSR count). The van der Waals surface area contributed by atoms with Crippen LogP contribution >= 0.6 is 0 Å². The Labute approximate surface area is 112 Å². The van der Waals surface area contributed by atoms with Crippen molar-refractivity contribution in [3.8, 4) is 0 Å². The smallest absolute Gasteiger partial charge is 0.262 e. The lowest BCUT2D eigenvalue weighted by atomic mass is 9.99. The maximum Gasteiger partial charge on any atom is 0.262 e. The van der Waals surface area contributed by atoms with Gasteiger partial charge in [-0.25, -0.2) is 0 Å². The van der Waals surface area contributed by atoms with Crippen molar-refractivity contribution in [3.63, 3.8) is 0 Å². The monoisotopic (exact) mass is 259 g/mol. The van der Waals surface area contributed by atoms with Gasteiger partial charge in [0.1, 0.15) is 0 Å². The Morgan fingerprint density at radius 2 is 1.84 bits per heavy atom. The number of aryl methyl sites for hydroxylation is 1. The molecular formula is C14H17N3O2. The minimum Gasteiger partial charge on any atom is -0.303 e. The van der Waals surface area contributed by atoms with Crippen LogP contribution in [0, 0.1) is 6.92 Å². The molecule has 1 aliphatic heterocycles. The summed E-state index contributed by atoms with van der Waals surface area (Å²) in [4.78, 5) is 25.8. The molecular weight excluding hydrogens is 242 g/mol. The van der Waals surface area contributed by atoms with E-state index < -0.39 is 0 Å². The van der Waals surface area contributed by atoms with Gasteiger partial charge in [-0.2, -0.15) is 5.10 Å². The van der Waals surface area contributed by atoms with E-state index in [1.54, 1.807) is 32.2 Å². The zero-order valence-corrected chi connectivity index (χ0v) is 11.6. The summed E-state index contributed by atoms with van der Waals surface area (Å²) in [5.41, 5.74) is 2.49. The molecule has 0 radical (unpaired) electrons. The average Bonchev–Trinajstić information content (AvgIpc) is 2.61. The number of hydrogen-bond acceptors (Lipinski definition) is 4. The lowest BCUT2D eigenvalue weighted by Crippen LogP contribution is -2.29. The first-order valence-electron chi connectivity index (χ1n) is 6.18. The Morgan fingerprint density at radius 1 is 1.21 bits per heavy atom. The van der Waals surface area contributed by atoms with Crippen LogP contribution in [0.15, 0.2) is 17.2 Å². The van der Waals surface area contributed by atoms with E-state index in [1.165, 1.54) is 4.90 Å². The number of fused-ring (bicyclic) bond motifs is 1. The molecule has 0 aliphatic carbocycles. The van der Waals surface area contributed by atoms with Gasteiger partial charge in [-0.05, 0) is 19.4 Å². The molecule has 0 aromatic heterocycles. The first-order chi connectivity index (χ1) is 8.97. The van der Waals surface area contributed by atoms with Crippen molar-refractivity contribution in [1.29, 1.82) is 0 Å². The van der Waals surface area contributed by atoms with Gasteiger partial charge < -0.3 is 5.01 Å². The summed E-state index contributed by atoms with van der Waals surface area (Å²) in [6, 6.07) is 3.67. The predicted molar refractivity (Wildman–Crippen MR) is 73.5 cm³/mol. The normalized spacial score (nSPS) is 14.4. The number of rotatable bonds is 3. The van der Waals surface area contributed by atoms with Gasteiger partial charge in [0, 0.05) is 26.2 Å². The molecule has 1 aromatic carbocycles. The first-order valence-corrected chi connectivity index (χ1v) is 6.18. The lowest BCUT2D eigenvalue weighted by Gasteiger charge is -2.09. The highest BCUT2D eigenvalue weighted by atomic mass is 16.2. The summed E-state index contributed by atoms with van der Waals surface area (Å²) in [5.74, 6) is -0.438. The second-order valence-corrected chi connectivity index (χ2v) is 4.67. The SMILES string of the molecule is CCN1C(=O)c2c(C)ccc(/C=N/N(C)C)c2C1=O. The van der Waals surface area contributed by atoms with E-state index in [9.17, 15) is 9.59 Å². The summed E-state index contributed by atoms with van der Waals surface area (Å²) >= 11 is 0. The molecule has 0 fully saturated rings. The van der Waals surface area contributed by atoms with Crippen molar-refractivity contribution in [2.75, 3.05) is 20.6 Å². The Morgan fingerprint density at radius 3 is 2.42 bits per heavy atom. The maximum atomic E-state index is 12.3. The number of nitrogens with zero attached hydrogens (tertiary/aromatic N) is 3. The predicted octanol–water partition coefficient (Wildman–Crippen LogP) is 1.51. The standard InChI is InChI=1S/C14H17N3O2/c1-5-17-13(18)11-9(2)6-7-10(8-15-16(3)4)12(11)14(17)19/h6-8H,5H2,1-4H3/b15-8+. The summed E-state index contributed by atoms with van der Waals surface area (Å²) < 4.78 is 0. The molecule has 0 saturated carbocycles. The van der Waals surface area contributed by atoms with Crippen molar-refractivity contribution in [1.82, 2.24) is 9.91 Å². The number of amides is 2. The van der Waals surface area contributed by atoms with Gasteiger partial charge in [-0.1, -0.05) is 12.1 Å². The number of benzene rings is 1. The molecule has 5 nitrogen and oxygen atoms in total. The molecule has 2 amide bonds. The molecule has 0 atom stereocenters. The van der Waals surface area contributed by atoms with Crippen LogP contribution in [-0.4, -0.2) is 48.6 Å². The van der Waals surface area contributed by atoms with Gasteiger partial charge in [0.05, 0.1) is 17.3 Å². The molecule has 19 heavy (non-hydrogen) atoms. The Bertz CT molecular complexity index is 576. The molecule has 5 heteroatoms. The number of hydrogen-bond donors (Lipinski definition) is 0. The second kappa shape index (κ2) is 4.84. The first kappa shape index (κ1) is 13.3. The fourth-order valence-corrected chi connectivity index (χ4v) is 2.16. The van der Waals surface area contributed by atoms with Crippen LogP contribution < -0.4 is 0 Å². The third kappa shape index (κ3) is 2.12. The zero-order chi connectivity index (χ0) is 14.2. The van der Waals surface area contributed by atoms with E-state index in [2.05, 4.69) is 5.10 Å². The Hall–Kier alpha value is -2.17. The third-order valence-electron chi connectivity index (χ3n) is 3.11. The molecule has 0 N–H and O–H groups in total. The van der Waals surface area contributed by atoms with Crippen LogP contribution in [-0.2, 0) is 0 Å². The second-order valence-electron chi connectivity index (χ2n) is 4.67. The van der Waals surface area contributed by atoms with Crippen molar-refractivity contribution in [3.05, 3.63) is 34.4 Å². The van der Waals surface area contributed by atoms with E-state index in [0.29, 0.717) is 23.2 Å². The molecule has 0 bridgehead atoms. The van der Waals surface area contributed by atoms with Crippen molar-refractivity contribution in [2.24, 2.45) is 5.10 Å². The lowest BCUT2D eigenvalue weighted by molar-refractivity contribution is 0.0662. The van der Waals surface area contributed by atoms with Gasteiger partial charge in [-0.15, -0.1) is 0 Å². The van der Waals surface area contributed by atoms with E-state index in [-0.39, 0.29) is 11.8 Å². The molecule has 0 saturated heterocycles. The topological polar surface area (TPSA) is 53.0 Å². The largest absolute Gasteiger partial charge is 0.303 e. The molecule has 1 aromatic rings. The highest BCUT2D eigenvalue weighted by molar-refractivity contribution is 6.24. The van der Waals surface area contributed by atoms with E-state index in [0.717, 1.165) is 5.56 Å². The van der Waals surface area contributed by atoms with Gasteiger partial charge >= 0.3 is 0 Å². The number of imide groups is 1. The molecule has 1 heterocycles.